The predicted octanol–water partition coefficient (Wildman–Crippen LogP) is 4.52. The second kappa shape index (κ2) is 10.3. The van der Waals surface area contributed by atoms with Gasteiger partial charge in [0.25, 0.3) is 0 Å². The Hall–Kier alpha value is -2.33. The Kier molecular flexibility index (Phi) is 8.06. The van der Waals surface area contributed by atoms with Gasteiger partial charge in [-0.25, -0.2) is 0 Å². The molecule has 2 aromatic rings. The van der Waals surface area contributed by atoms with Gasteiger partial charge in [0.05, 0.1) is 6.42 Å². The lowest BCUT2D eigenvalue weighted by atomic mass is 10.1. The molecule has 0 fully saturated rings. The van der Waals surface area contributed by atoms with Crippen LogP contribution in [0.4, 0.5) is 0 Å². The van der Waals surface area contributed by atoms with Crippen LogP contribution >= 0.6 is 11.6 Å². The minimum atomic E-state index is -0.595. The number of nitrogens with zero attached hydrogens (tertiary/aromatic N) is 1. The van der Waals surface area contributed by atoms with Crippen molar-refractivity contribution in [3.63, 3.8) is 0 Å². The molecule has 0 aliphatic rings. The lowest BCUT2D eigenvalue weighted by Crippen LogP contribution is -2.49. The maximum Gasteiger partial charge on any atom is 0.242 e. The Morgan fingerprint density at radius 2 is 1.82 bits per heavy atom. The van der Waals surface area contributed by atoms with Gasteiger partial charge in [0.15, 0.2) is 0 Å². The Morgan fingerprint density at radius 1 is 1.11 bits per heavy atom. The van der Waals surface area contributed by atoms with E-state index in [2.05, 4.69) is 5.32 Å². The molecule has 0 aromatic heterocycles. The normalized spacial score (nSPS) is 12.9. The fourth-order valence-corrected chi connectivity index (χ4v) is 3.15. The first-order valence-corrected chi connectivity index (χ1v) is 10.1. The van der Waals surface area contributed by atoms with E-state index in [0.29, 0.717) is 11.6 Å². The molecule has 0 aliphatic carbocycles. The van der Waals surface area contributed by atoms with Gasteiger partial charge in [0, 0.05) is 17.6 Å². The molecule has 0 unspecified atom stereocenters. The number of nitrogens with one attached hydrogen (secondary N) is 1. The number of aryl methyl sites for hydroxylation is 1. The zero-order chi connectivity index (χ0) is 20.7. The van der Waals surface area contributed by atoms with Gasteiger partial charge in [0.1, 0.15) is 6.04 Å². The summed E-state index contributed by atoms with van der Waals surface area (Å²) in [6, 6.07) is 14.7. The quantitative estimate of drug-likeness (QED) is 0.708. The summed E-state index contributed by atoms with van der Waals surface area (Å²) >= 11 is 6.31. The Bertz CT molecular complexity index is 822. The van der Waals surface area contributed by atoms with Gasteiger partial charge in [-0.3, -0.25) is 9.59 Å². The lowest BCUT2D eigenvalue weighted by Gasteiger charge is -2.30. The van der Waals surface area contributed by atoms with Crippen molar-refractivity contribution in [1.29, 1.82) is 0 Å². The molecule has 0 saturated carbocycles. The van der Waals surface area contributed by atoms with Crippen LogP contribution in [0.3, 0.4) is 0 Å². The molecule has 5 heteroatoms. The number of halogens is 1. The zero-order valence-corrected chi connectivity index (χ0v) is 17.8. The molecule has 2 atom stereocenters. The van der Waals surface area contributed by atoms with Crippen molar-refractivity contribution in [3.8, 4) is 0 Å². The zero-order valence-electron chi connectivity index (χ0n) is 17.0. The van der Waals surface area contributed by atoms with Crippen LogP contribution in [-0.4, -0.2) is 28.8 Å². The molecule has 0 aliphatic heterocycles. The summed E-state index contributed by atoms with van der Waals surface area (Å²) < 4.78 is 0. The largest absolute Gasteiger partial charge is 0.352 e. The third-order valence-electron chi connectivity index (χ3n) is 4.90. The number of carbonyl (C=O) groups is 2. The smallest absolute Gasteiger partial charge is 0.242 e. The van der Waals surface area contributed by atoms with Gasteiger partial charge in [-0.2, -0.15) is 0 Å². The van der Waals surface area contributed by atoms with Gasteiger partial charge in [-0.05, 0) is 44.4 Å². The van der Waals surface area contributed by atoms with E-state index in [1.165, 1.54) is 0 Å². The van der Waals surface area contributed by atoms with Gasteiger partial charge in [-0.15, -0.1) is 0 Å². The molecular weight excluding hydrogens is 372 g/mol. The molecule has 0 spiro atoms. The molecule has 0 radical (unpaired) electrons. The van der Waals surface area contributed by atoms with Crippen molar-refractivity contribution in [2.24, 2.45) is 0 Å². The molecule has 2 aromatic carbocycles. The van der Waals surface area contributed by atoms with Crippen LogP contribution in [0.2, 0.25) is 5.02 Å². The van der Waals surface area contributed by atoms with E-state index in [0.717, 1.165) is 23.1 Å². The lowest BCUT2D eigenvalue weighted by molar-refractivity contribution is -0.140. The van der Waals surface area contributed by atoms with Crippen molar-refractivity contribution in [2.75, 3.05) is 0 Å². The monoisotopic (exact) mass is 400 g/mol. The molecule has 28 heavy (non-hydrogen) atoms. The third-order valence-corrected chi connectivity index (χ3v) is 5.27. The van der Waals surface area contributed by atoms with E-state index >= 15 is 0 Å². The minimum absolute atomic E-state index is 0.0592. The van der Waals surface area contributed by atoms with Crippen LogP contribution in [0.5, 0.6) is 0 Å². The van der Waals surface area contributed by atoms with E-state index in [1.54, 1.807) is 17.9 Å². The average molecular weight is 401 g/mol. The highest BCUT2D eigenvalue weighted by molar-refractivity contribution is 6.31. The van der Waals surface area contributed by atoms with Crippen LogP contribution in [0.1, 0.15) is 43.9 Å². The minimum Gasteiger partial charge on any atom is -0.352 e. The number of benzene rings is 2. The van der Waals surface area contributed by atoms with E-state index in [4.69, 9.17) is 11.6 Å². The Morgan fingerprint density at radius 3 is 2.46 bits per heavy atom. The first-order valence-electron chi connectivity index (χ1n) is 9.70. The van der Waals surface area contributed by atoms with Crippen LogP contribution < -0.4 is 5.32 Å². The summed E-state index contributed by atoms with van der Waals surface area (Å²) in [7, 11) is 0. The molecule has 1 N–H and O–H groups in total. The summed E-state index contributed by atoms with van der Waals surface area (Å²) in [5.41, 5.74) is 2.86. The number of rotatable bonds is 8. The fourth-order valence-electron chi connectivity index (χ4n) is 2.96. The molecule has 150 valence electrons. The fraction of sp³-hybridized carbons (Fsp3) is 0.391. The standard InChI is InChI=1S/C23H29ClN2O2/c1-5-17(3)25-23(28)18(4)26(15-20-11-6-7-12-21(20)24)22(27)14-19-10-8-9-16(2)13-19/h6-13,17-18H,5,14-15H2,1-4H3,(H,25,28)/t17-,18+/m0/s1. The second-order valence-electron chi connectivity index (χ2n) is 7.27. The summed E-state index contributed by atoms with van der Waals surface area (Å²) in [5.74, 6) is -0.253. The number of hydrogen-bond acceptors (Lipinski definition) is 2. The van der Waals surface area contributed by atoms with E-state index in [-0.39, 0.29) is 24.3 Å². The molecule has 0 saturated heterocycles. The SMILES string of the molecule is CC[C@H](C)NC(=O)[C@@H](C)N(Cc1ccccc1Cl)C(=O)Cc1cccc(C)c1. The Balaban J connectivity index is 2.25. The summed E-state index contributed by atoms with van der Waals surface area (Å²) in [6.07, 6.45) is 1.08. The van der Waals surface area contributed by atoms with E-state index in [9.17, 15) is 9.59 Å². The number of hydrogen-bond donors (Lipinski definition) is 1. The topological polar surface area (TPSA) is 49.4 Å². The molecule has 0 bridgehead atoms. The van der Waals surface area contributed by atoms with Crippen LogP contribution in [0.25, 0.3) is 0 Å². The van der Waals surface area contributed by atoms with Gasteiger partial charge < -0.3 is 10.2 Å². The van der Waals surface area contributed by atoms with Crippen molar-refractivity contribution in [3.05, 3.63) is 70.2 Å². The van der Waals surface area contributed by atoms with Crippen molar-refractivity contribution >= 4 is 23.4 Å². The Labute approximate surface area is 172 Å². The third kappa shape index (κ3) is 6.10. The van der Waals surface area contributed by atoms with E-state index < -0.39 is 6.04 Å². The highest BCUT2D eigenvalue weighted by atomic mass is 35.5. The maximum absolute atomic E-state index is 13.1. The highest BCUT2D eigenvalue weighted by Crippen LogP contribution is 2.19. The summed E-state index contributed by atoms with van der Waals surface area (Å²) in [4.78, 5) is 27.5. The number of carbonyl (C=O) groups excluding carboxylic acids is 2. The summed E-state index contributed by atoms with van der Waals surface area (Å²) in [6.45, 7) is 8.03. The first-order chi connectivity index (χ1) is 13.3. The van der Waals surface area contributed by atoms with Crippen LogP contribution in [0, 0.1) is 6.92 Å². The van der Waals surface area contributed by atoms with Crippen molar-refractivity contribution in [2.45, 2.75) is 59.2 Å². The predicted molar refractivity (Wildman–Crippen MR) is 114 cm³/mol. The first kappa shape index (κ1) is 22.0. The second-order valence-corrected chi connectivity index (χ2v) is 7.68. The molecular formula is C23H29ClN2O2. The van der Waals surface area contributed by atoms with Crippen LogP contribution in [0.15, 0.2) is 48.5 Å². The van der Waals surface area contributed by atoms with Crippen molar-refractivity contribution in [1.82, 2.24) is 10.2 Å². The van der Waals surface area contributed by atoms with E-state index in [1.807, 2.05) is 63.2 Å². The van der Waals surface area contributed by atoms with Gasteiger partial charge in [-0.1, -0.05) is 66.6 Å². The van der Waals surface area contributed by atoms with Gasteiger partial charge >= 0.3 is 0 Å². The average Bonchev–Trinajstić information content (AvgIpc) is 2.66. The molecule has 0 heterocycles. The highest BCUT2D eigenvalue weighted by Gasteiger charge is 2.27. The molecule has 2 rings (SSSR count). The summed E-state index contributed by atoms with van der Waals surface area (Å²) in [5, 5.41) is 3.56. The maximum atomic E-state index is 13.1. The molecule has 2 amide bonds. The number of amides is 2. The van der Waals surface area contributed by atoms with Gasteiger partial charge in [0.2, 0.25) is 11.8 Å². The van der Waals surface area contributed by atoms with Crippen molar-refractivity contribution < 1.29 is 9.59 Å². The molecule has 4 nitrogen and oxygen atoms in total. The van der Waals surface area contributed by atoms with Crippen LogP contribution in [-0.2, 0) is 22.6 Å².